The molecular weight excluding hydrogens is 854 g/mol. The molecule has 0 amide bonds. The number of thiol groups is 1. The Hall–Kier alpha value is -4.94. The summed E-state index contributed by atoms with van der Waals surface area (Å²) in [7, 11) is -12.9. The topological polar surface area (TPSA) is 261 Å². The van der Waals surface area contributed by atoms with E-state index in [0.717, 1.165) is 12.1 Å². The van der Waals surface area contributed by atoms with Crippen LogP contribution in [0.15, 0.2) is 73.2 Å². The molecule has 2 aliphatic rings. The van der Waals surface area contributed by atoms with Gasteiger partial charge in [0, 0.05) is 18.3 Å². The van der Waals surface area contributed by atoms with Gasteiger partial charge >= 0.3 is 10.1 Å². The zero-order valence-electron chi connectivity index (χ0n) is 27.1. The molecule has 3 heterocycles. The monoisotopic (exact) mass is 872 g/mol. The van der Waals surface area contributed by atoms with Crippen molar-refractivity contribution in [3.05, 3.63) is 80.4 Å². The first-order valence-electron chi connectivity index (χ1n) is 15.1. The van der Waals surface area contributed by atoms with Gasteiger partial charge in [-0.1, -0.05) is 23.2 Å². The van der Waals surface area contributed by atoms with E-state index < -0.39 is 64.1 Å². The maximum Gasteiger partial charge on any atom is 0.301 e. The Balaban J connectivity index is 1.17. The second-order valence-corrected chi connectivity index (χ2v) is 16.3. The molecule has 5 aromatic rings. The van der Waals surface area contributed by atoms with Gasteiger partial charge in [0.15, 0.2) is 43.5 Å². The van der Waals surface area contributed by atoms with E-state index in [4.69, 9.17) is 44.3 Å². The van der Waals surface area contributed by atoms with Crippen molar-refractivity contribution in [2.45, 2.75) is 27.7 Å². The summed E-state index contributed by atoms with van der Waals surface area (Å²) in [5, 5.41) is 7.51. The molecule has 0 bridgehead atoms. The van der Waals surface area contributed by atoms with Crippen LogP contribution in [0.2, 0.25) is 15.3 Å². The SMILES string of the molecule is CC(CNc1ccc2c(c1S(=O)(=O)O)Oc1c(Cl)c3c(c(Cl)c1=N2)Oc1c(ccc(F)c1S(=O)(=O)O)N=3)Nc1nc(Cl)nc(Nc2ccc([SH](=O)=O)cc2)n1. The van der Waals surface area contributed by atoms with E-state index in [-0.39, 0.29) is 77.9 Å². The molecule has 4 aromatic carbocycles. The lowest BCUT2D eigenvalue weighted by atomic mass is 10.2. The molecule has 5 N–H and O–H groups in total. The van der Waals surface area contributed by atoms with Crippen LogP contribution >= 0.6 is 34.8 Å². The van der Waals surface area contributed by atoms with E-state index in [9.17, 15) is 38.7 Å². The van der Waals surface area contributed by atoms with E-state index in [1.807, 2.05) is 0 Å². The van der Waals surface area contributed by atoms with Crippen molar-refractivity contribution >= 4 is 100 Å². The van der Waals surface area contributed by atoms with Gasteiger partial charge in [-0.25, -0.2) is 22.8 Å². The lowest BCUT2D eigenvalue weighted by Crippen LogP contribution is -2.27. The molecule has 0 radical (unpaired) electrons. The molecule has 0 fully saturated rings. The number of nitrogens with one attached hydrogen (secondary N) is 3. The maximum absolute atomic E-state index is 14.5. The van der Waals surface area contributed by atoms with Gasteiger partial charge in [0.05, 0.1) is 10.6 Å². The van der Waals surface area contributed by atoms with Crippen LogP contribution in [0.25, 0.3) is 0 Å². The summed E-state index contributed by atoms with van der Waals surface area (Å²) in [6, 6.07) is 9.69. The first-order chi connectivity index (χ1) is 25.9. The first kappa shape index (κ1) is 38.3. The van der Waals surface area contributed by atoms with Crippen LogP contribution in [-0.4, -0.2) is 61.9 Å². The van der Waals surface area contributed by atoms with Gasteiger partial charge < -0.3 is 25.4 Å². The molecule has 0 saturated heterocycles. The van der Waals surface area contributed by atoms with E-state index >= 15 is 0 Å². The van der Waals surface area contributed by atoms with E-state index in [2.05, 4.69) is 40.9 Å². The minimum absolute atomic E-state index is 0.00219. The predicted octanol–water partition coefficient (Wildman–Crippen LogP) is 5.20. The van der Waals surface area contributed by atoms with Crippen LogP contribution in [0.4, 0.5) is 39.0 Å². The first-order valence-corrected chi connectivity index (χ1v) is 20.3. The van der Waals surface area contributed by atoms with Gasteiger partial charge in [0.2, 0.25) is 17.2 Å². The van der Waals surface area contributed by atoms with Crippen molar-refractivity contribution in [2.24, 2.45) is 9.98 Å². The fraction of sp³-hybridized carbons (Fsp3) is 0.100. The highest BCUT2D eigenvalue weighted by molar-refractivity contribution is 7.86. The highest BCUT2D eigenvalue weighted by Gasteiger charge is 2.34. The summed E-state index contributed by atoms with van der Waals surface area (Å²) in [6.07, 6.45) is 0. The molecule has 1 atom stereocenters. The smallest absolute Gasteiger partial charge is 0.301 e. The Labute approximate surface area is 325 Å². The zero-order valence-corrected chi connectivity index (χ0v) is 31.9. The summed E-state index contributed by atoms with van der Waals surface area (Å²) in [5.74, 6) is -3.05. The molecular formula is C30H20Cl3FN8O10S3. The van der Waals surface area contributed by atoms with Crippen molar-refractivity contribution in [3.63, 3.8) is 0 Å². The number of fused-ring (bicyclic) bond motifs is 4. The third-order valence-corrected chi connectivity index (χ3v) is 11.1. The Morgan fingerprint density at radius 3 is 1.87 bits per heavy atom. The van der Waals surface area contributed by atoms with Crippen LogP contribution in [0, 0.1) is 5.82 Å². The number of halogens is 4. The van der Waals surface area contributed by atoms with Gasteiger partial charge in [-0.2, -0.15) is 31.8 Å². The van der Waals surface area contributed by atoms with Gasteiger partial charge in [-0.05, 0) is 67.1 Å². The number of hydrogen-bond acceptors (Lipinski definition) is 16. The van der Waals surface area contributed by atoms with Crippen LogP contribution < -0.4 is 36.1 Å². The summed E-state index contributed by atoms with van der Waals surface area (Å²) < 4.78 is 118. The normalized spacial score (nSPS) is 13.5. The standard InChI is InChI=1S/C30H20Cl3FN8O10S3/c1-11(36-29-40-28(33)41-30(42-29)37-12-2-4-13(5-3-12)53(43)44)10-35-17-9-8-16-23(27(17)55(48,49)50)52-25-19(32)20-24(18(31)21(25)39-16)51-22-15(38-20)7-6-14(34)26(22)54(45,46)47/h2-9,11,35,53H,10H2,1H3,(H,45,46,47)(H,48,49,50)(H2,36,37,40,41,42). The second-order valence-electron chi connectivity index (χ2n) is 11.5. The van der Waals surface area contributed by atoms with Gasteiger partial charge in [-0.15, -0.1) is 0 Å². The Bertz CT molecular complexity index is 2900. The quantitative estimate of drug-likeness (QED) is 0.0762. The van der Waals surface area contributed by atoms with Crippen LogP contribution in [-0.2, 0) is 30.9 Å². The van der Waals surface area contributed by atoms with Crippen molar-refractivity contribution < 1.29 is 48.2 Å². The van der Waals surface area contributed by atoms with Crippen LogP contribution in [0.3, 0.4) is 0 Å². The Kier molecular flexibility index (Phi) is 9.96. The number of aromatic nitrogens is 3. The molecule has 0 spiro atoms. The van der Waals surface area contributed by atoms with Crippen molar-refractivity contribution in [1.82, 2.24) is 15.0 Å². The number of anilines is 4. The number of hydrogen-bond donors (Lipinski definition) is 6. The molecule has 286 valence electrons. The summed E-state index contributed by atoms with van der Waals surface area (Å²) >= 11 is 19.3. The van der Waals surface area contributed by atoms with Crippen LogP contribution in [0.5, 0.6) is 23.0 Å². The Morgan fingerprint density at radius 1 is 0.764 bits per heavy atom. The number of benzene rings is 4. The molecule has 1 aromatic heterocycles. The largest absolute Gasteiger partial charge is 0.450 e. The highest BCUT2D eigenvalue weighted by atomic mass is 35.5. The number of rotatable bonds is 10. The van der Waals surface area contributed by atoms with E-state index in [1.165, 1.54) is 36.4 Å². The fourth-order valence-electron chi connectivity index (χ4n) is 5.34. The third-order valence-electron chi connectivity index (χ3n) is 7.68. The number of ether oxygens (including phenoxy) is 2. The molecule has 1 unspecified atom stereocenters. The van der Waals surface area contributed by atoms with Crippen LogP contribution in [0.1, 0.15) is 6.92 Å². The van der Waals surface area contributed by atoms with Gasteiger partial charge in [-0.3, -0.25) is 9.11 Å². The second kappa shape index (κ2) is 14.3. The van der Waals surface area contributed by atoms with Crippen molar-refractivity contribution in [2.75, 3.05) is 22.5 Å². The average Bonchev–Trinajstić information content (AvgIpc) is 3.10. The average molecular weight is 874 g/mol. The molecule has 7 rings (SSSR count). The number of nitrogens with zero attached hydrogens (tertiary/aromatic N) is 5. The molecule has 55 heavy (non-hydrogen) atoms. The molecule has 18 nitrogen and oxygen atoms in total. The summed E-state index contributed by atoms with van der Waals surface area (Å²) in [6.45, 7) is 1.69. The van der Waals surface area contributed by atoms with Crippen molar-refractivity contribution in [1.29, 1.82) is 0 Å². The predicted molar refractivity (Wildman–Crippen MR) is 195 cm³/mol. The lowest BCUT2D eigenvalue weighted by Gasteiger charge is -2.23. The van der Waals surface area contributed by atoms with Gasteiger partial charge in [0.1, 0.15) is 38.0 Å². The molecule has 0 saturated carbocycles. The highest BCUT2D eigenvalue weighted by Crippen LogP contribution is 2.48. The van der Waals surface area contributed by atoms with E-state index in [1.54, 1.807) is 6.92 Å². The molecule has 0 aliphatic carbocycles. The minimum Gasteiger partial charge on any atom is -0.450 e. The maximum atomic E-state index is 14.5. The fourth-order valence-corrected chi connectivity index (χ4v) is 7.90. The third kappa shape index (κ3) is 7.54. The van der Waals surface area contributed by atoms with E-state index in [0.29, 0.717) is 5.69 Å². The lowest BCUT2D eigenvalue weighted by molar-refractivity contribution is 0.419. The Morgan fingerprint density at radius 2 is 1.31 bits per heavy atom. The molecule has 25 heteroatoms. The summed E-state index contributed by atoms with van der Waals surface area (Å²) in [4.78, 5) is 19.1. The molecule has 2 aliphatic heterocycles. The van der Waals surface area contributed by atoms with Crippen molar-refractivity contribution in [3.8, 4) is 23.0 Å². The summed E-state index contributed by atoms with van der Waals surface area (Å²) in [5.41, 5.74) is -0.0368. The zero-order chi connectivity index (χ0) is 39.6. The minimum atomic E-state index is -5.13. The van der Waals surface area contributed by atoms with Gasteiger partial charge in [0.25, 0.3) is 10.1 Å².